The highest BCUT2D eigenvalue weighted by atomic mass is 127. The topological polar surface area (TPSA) is 75.5 Å². The fourth-order valence-corrected chi connectivity index (χ4v) is 3.92. The number of amides is 1. The number of para-hydroxylation sites is 2. The first-order valence-corrected chi connectivity index (χ1v) is 9.59. The molecule has 0 bridgehead atoms. The van der Waals surface area contributed by atoms with Crippen molar-refractivity contribution >= 4 is 45.6 Å². The summed E-state index contributed by atoms with van der Waals surface area (Å²) in [5.41, 5.74) is 2.63. The average molecular weight is 465 g/mol. The summed E-state index contributed by atoms with van der Waals surface area (Å²) >= 11 is 2.25. The van der Waals surface area contributed by atoms with E-state index in [4.69, 9.17) is 0 Å². The lowest BCUT2D eigenvalue weighted by Gasteiger charge is -2.32. The first kappa shape index (κ1) is 18.6. The molecule has 1 heterocycles. The summed E-state index contributed by atoms with van der Waals surface area (Å²) < 4.78 is 1.14. The van der Waals surface area contributed by atoms with Gasteiger partial charge in [0.05, 0.1) is 4.92 Å². The van der Waals surface area contributed by atoms with E-state index in [1.54, 1.807) is 18.2 Å². The summed E-state index contributed by atoms with van der Waals surface area (Å²) in [5, 5.41) is 14.2. The van der Waals surface area contributed by atoms with Gasteiger partial charge in [-0.25, -0.2) is 0 Å². The van der Waals surface area contributed by atoms with Crippen LogP contribution in [0.4, 0.5) is 17.1 Å². The van der Waals surface area contributed by atoms with Crippen molar-refractivity contribution in [2.24, 2.45) is 5.92 Å². The molecule has 2 aromatic rings. The highest BCUT2D eigenvalue weighted by Crippen LogP contribution is 2.31. The van der Waals surface area contributed by atoms with Gasteiger partial charge >= 0.3 is 0 Å². The van der Waals surface area contributed by atoms with Crippen molar-refractivity contribution in [2.45, 2.75) is 19.8 Å². The van der Waals surface area contributed by atoms with Crippen molar-refractivity contribution in [3.63, 3.8) is 0 Å². The number of anilines is 2. The number of hydrogen-bond acceptors (Lipinski definition) is 4. The van der Waals surface area contributed by atoms with Crippen LogP contribution in [0.25, 0.3) is 0 Å². The van der Waals surface area contributed by atoms with E-state index in [0.29, 0.717) is 31.6 Å². The highest BCUT2D eigenvalue weighted by Gasteiger charge is 2.28. The molecule has 1 fully saturated rings. The molecular formula is C19H20IN3O3. The van der Waals surface area contributed by atoms with Crippen LogP contribution in [-0.2, 0) is 4.79 Å². The molecule has 0 aliphatic carbocycles. The summed E-state index contributed by atoms with van der Waals surface area (Å²) in [6.07, 6.45) is 1.36. The lowest BCUT2D eigenvalue weighted by atomic mass is 9.95. The summed E-state index contributed by atoms with van der Waals surface area (Å²) in [6, 6.07) is 12.7. The number of nitro benzene ring substituents is 1. The van der Waals surface area contributed by atoms with Gasteiger partial charge < -0.3 is 10.2 Å². The number of nitro groups is 1. The van der Waals surface area contributed by atoms with Gasteiger partial charge in [0.1, 0.15) is 5.69 Å². The third kappa shape index (κ3) is 4.14. The monoisotopic (exact) mass is 465 g/mol. The van der Waals surface area contributed by atoms with Crippen molar-refractivity contribution in [1.82, 2.24) is 0 Å². The zero-order valence-corrected chi connectivity index (χ0v) is 16.6. The van der Waals surface area contributed by atoms with Crippen molar-refractivity contribution in [1.29, 1.82) is 0 Å². The first-order valence-electron chi connectivity index (χ1n) is 8.51. The van der Waals surface area contributed by atoms with Gasteiger partial charge in [0.2, 0.25) is 5.91 Å². The Hall–Kier alpha value is -2.16. The van der Waals surface area contributed by atoms with Crippen molar-refractivity contribution < 1.29 is 9.72 Å². The van der Waals surface area contributed by atoms with E-state index in [-0.39, 0.29) is 22.4 Å². The largest absolute Gasteiger partial charge is 0.366 e. The van der Waals surface area contributed by atoms with Crippen LogP contribution in [0.5, 0.6) is 0 Å². The third-order valence-electron chi connectivity index (χ3n) is 4.73. The van der Waals surface area contributed by atoms with Crippen LogP contribution < -0.4 is 10.2 Å². The maximum absolute atomic E-state index is 12.6. The van der Waals surface area contributed by atoms with Crippen LogP contribution in [0.1, 0.15) is 18.4 Å². The van der Waals surface area contributed by atoms with E-state index in [1.807, 2.05) is 30.0 Å². The molecule has 1 aliphatic heterocycles. The number of rotatable bonds is 4. The van der Waals surface area contributed by atoms with Crippen LogP contribution >= 0.6 is 22.6 Å². The summed E-state index contributed by atoms with van der Waals surface area (Å²) in [6.45, 7) is 3.25. The van der Waals surface area contributed by atoms with Crippen LogP contribution in [0.15, 0.2) is 42.5 Å². The minimum Gasteiger partial charge on any atom is -0.366 e. The lowest BCUT2D eigenvalue weighted by molar-refractivity contribution is -0.384. The molecule has 0 saturated carbocycles. The van der Waals surface area contributed by atoms with E-state index in [2.05, 4.69) is 27.9 Å². The molecule has 1 aliphatic rings. The van der Waals surface area contributed by atoms with Crippen LogP contribution in [0, 0.1) is 26.5 Å². The molecule has 7 heteroatoms. The smallest absolute Gasteiger partial charge is 0.292 e. The Labute approximate surface area is 165 Å². The van der Waals surface area contributed by atoms with Crippen LogP contribution in [-0.4, -0.2) is 23.9 Å². The van der Waals surface area contributed by atoms with E-state index >= 15 is 0 Å². The Morgan fingerprint density at radius 2 is 1.92 bits per heavy atom. The highest BCUT2D eigenvalue weighted by molar-refractivity contribution is 14.1. The molecule has 1 N–H and O–H groups in total. The minimum atomic E-state index is -0.353. The number of halogens is 1. The molecule has 0 spiro atoms. The number of carbonyl (C=O) groups is 1. The van der Waals surface area contributed by atoms with Gasteiger partial charge in [0.15, 0.2) is 0 Å². The van der Waals surface area contributed by atoms with Crippen LogP contribution in [0.2, 0.25) is 0 Å². The number of hydrogen-bond donors (Lipinski definition) is 1. The molecule has 0 unspecified atom stereocenters. The summed E-state index contributed by atoms with van der Waals surface area (Å²) in [5.74, 6) is -0.0517. The second-order valence-corrected chi connectivity index (χ2v) is 7.70. The number of aryl methyl sites for hydroxylation is 1. The van der Waals surface area contributed by atoms with Gasteiger partial charge in [0, 0.05) is 34.3 Å². The SMILES string of the molecule is Cc1cc(I)ccc1NC(=O)C1CCN(c2ccccc2[N+](=O)[O-])CC1. The predicted molar refractivity (Wildman–Crippen MR) is 111 cm³/mol. The Bertz CT molecular complexity index is 833. The molecule has 0 atom stereocenters. The fraction of sp³-hybridized carbons (Fsp3) is 0.316. The summed E-state index contributed by atoms with van der Waals surface area (Å²) in [4.78, 5) is 25.4. The van der Waals surface area contributed by atoms with Gasteiger partial charge in [0.25, 0.3) is 5.69 Å². The van der Waals surface area contributed by atoms with Gasteiger partial charge in [-0.2, -0.15) is 0 Å². The fourth-order valence-electron chi connectivity index (χ4n) is 3.27. The minimum absolute atomic E-state index is 0.0246. The maximum atomic E-state index is 12.6. The molecule has 0 radical (unpaired) electrons. The zero-order valence-electron chi connectivity index (χ0n) is 14.4. The van der Waals surface area contributed by atoms with Gasteiger partial charge in [-0.05, 0) is 72.2 Å². The molecule has 0 aromatic heterocycles. The molecule has 26 heavy (non-hydrogen) atoms. The second-order valence-electron chi connectivity index (χ2n) is 6.46. The first-order chi connectivity index (χ1) is 12.5. The molecule has 1 saturated heterocycles. The van der Waals surface area contributed by atoms with Gasteiger partial charge in [-0.3, -0.25) is 14.9 Å². The Kier molecular flexibility index (Phi) is 5.75. The summed E-state index contributed by atoms with van der Waals surface area (Å²) in [7, 11) is 0. The molecule has 1 amide bonds. The number of nitrogens with one attached hydrogen (secondary N) is 1. The number of nitrogens with zero attached hydrogens (tertiary/aromatic N) is 2. The maximum Gasteiger partial charge on any atom is 0.292 e. The Morgan fingerprint density at radius 3 is 2.58 bits per heavy atom. The Morgan fingerprint density at radius 1 is 1.23 bits per heavy atom. The second kappa shape index (κ2) is 8.03. The van der Waals surface area contributed by atoms with Gasteiger partial charge in [-0.1, -0.05) is 12.1 Å². The standard InChI is InChI=1S/C19H20IN3O3/c1-13-12-15(20)6-7-16(13)21-19(24)14-8-10-22(11-9-14)17-4-2-3-5-18(17)23(25)26/h2-7,12,14H,8-11H2,1H3,(H,21,24). The average Bonchev–Trinajstić information content (AvgIpc) is 2.64. The lowest BCUT2D eigenvalue weighted by Crippen LogP contribution is -2.38. The van der Waals surface area contributed by atoms with Gasteiger partial charge in [-0.15, -0.1) is 0 Å². The van der Waals surface area contributed by atoms with E-state index in [0.717, 1.165) is 14.8 Å². The number of benzene rings is 2. The Balaban J connectivity index is 1.63. The predicted octanol–water partition coefficient (Wildman–Crippen LogP) is 4.36. The van der Waals surface area contributed by atoms with Crippen molar-refractivity contribution in [2.75, 3.05) is 23.3 Å². The normalized spacial score (nSPS) is 14.9. The van der Waals surface area contributed by atoms with E-state index in [9.17, 15) is 14.9 Å². The van der Waals surface area contributed by atoms with E-state index in [1.165, 1.54) is 6.07 Å². The molecular weight excluding hydrogens is 445 g/mol. The number of carbonyl (C=O) groups excluding carboxylic acids is 1. The molecule has 136 valence electrons. The zero-order chi connectivity index (χ0) is 18.7. The van der Waals surface area contributed by atoms with Crippen molar-refractivity contribution in [3.05, 3.63) is 61.7 Å². The molecule has 6 nitrogen and oxygen atoms in total. The molecule has 3 rings (SSSR count). The van der Waals surface area contributed by atoms with E-state index < -0.39 is 0 Å². The third-order valence-corrected chi connectivity index (χ3v) is 5.40. The number of piperidine rings is 1. The molecule has 2 aromatic carbocycles. The quantitative estimate of drug-likeness (QED) is 0.414. The van der Waals surface area contributed by atoms with Crippen LogP contribution in [0.3, 0.4) is 0 Å². The van der Waals surface area contributed by atoms with Crippen molar-refractivity contribution in [3.8, 4) is 0 Å².